The number of hydrogen-bond acceptors (Lipinski definition) is 5. The van der Waals surface area contributed by atoms with Crippen molar-refractivity contribution in [1.29, 1.82) is 0 Å². The standard InChI is InChI=1S/C16H27N5O/c1-3-20(4-2)12-9-19-16(22)14-5-10-21(11-6-14)15-13-17-7-8-18-15/h7-8,13-14H,3-6,9-12H2,1-2H3,(H,19,22). The van der Waals surface area contributed by atoms with Gasteiger partial charge in [0.25, 0.3) is 0 Å². The number of aromatic nitrogens is 2. The van der Waals surface area contributed by atoms with Crippen LogP contribution in [0.1, 0.15) is 26.7 Å². The molecule has 122 valence electrons. The Balaban J connectivity index is 1.71. The van der Waals surface area contributed by atoms with Crippen molar-refractivity contribution in [2.75, 3.05) is 44.2 Å². The summed E-state index contributed by atoms with van der Waals surface area (Å²) >= 11 is 0. The third kappa shape index (κ3) is 4.66. The van der Waals surface area contributed by atoms with Crippen molar-refractivity contribution in [2.24, 2.45) is 5.92 Å². The van der Waals surface area contributed by atoms with E-state index in [1.807, 2.05) is 0 Å². The molecule has 1 amide bonds. The molecule has 1 aliphatic rings. The average Bonchev–Trinajstić information content (AvgIpc) is 2.59. The second kappa shape index (κ2) is 8.68. The number of piperidine rings is 1. The summed E-state index contributed by atoms with van der Waals surface area (Å²) in [7, 11) is 0. The Bertz CT molecular complexity index is 441. The maximum atomic E-state index is 12.2. The first-order valence-electron chi connectivity index (χ1n) is 8.25. The Kier molecular flexibility index (Phi) is 6.58. The van der Waals surface area contributed by atoms with Crippen molar-refractivity contribution in [1.82, 2.24) is 20.2 Å². The Labute approximate surface area is 132 Å². The first-order chi connectivity index (χ1) is 10.7. The number of nitrogens with zero attached hydrogens (tertiary/aromatic N) is 4. The van der Waals surface area contributed by atoms with E-state index in [0.717, 1.165) is 57.9 Å². The molecule has 1 saturated heterocycles. The van der Waals surface area contributed by atoms with Crippen LogP contribution in [-0.4, -0.2) is 60.0 Å². The molecule has 0 aliphatic carbocycles. The van der Waals surface area contributed by atoms with Gasteiger partial charge in [-0.25, -0.2) is 4.98 Å². The van der Waals surface area contributed by atoms with Crippen LogP contribution < -0.4 is 10.2 Å². The molecule has 0 aromatic carbocycles. The van der Waals surface area contributed by atoms with E-state index in [1.165, 1.54) is 0 Å². The fraction of sp³-hybridized carbons (Fsp3) is 0.688. The van der Waals surface area contributed by atoms with E-state index in [-0.39, 0.29) is 11.8 Å². The van der Waals surface area contributed by atoms with Crippen LogP contribution in [0.5, 0.6) is 0 Å². The normalized spacial score (nSPS) is 16.0. The van der Waals surface area contributed by atoms with Gasteiger partial charge in [0.05, 0.1) is 6.20 Å². The number of nitrogens with one attached hydrogen (secondary N) is 1. The van der Waals surface area contributed by atoms with Gasteiger partial charge in [0.2, 0.25) is 5.91 Å². The highest BCUT2D eigenvalue weighted by atomic mass is 16.1. The van der Waals surface area contributed by atoms with E-state index in [4.69, 9.17) is 0 Å². The number of likely N-dealkylation sites (N-methyl/N-ethyl adjacent to an activating group) is 1. The molecule has 2 rings (SSSR count). The first-order valence-corrected chi connectivity index (χ1v) is 8.25. The minimum absolute atomic E-state index is 0.129. The molecule has 0 unspecified atom stereocenters. The molecule has 1 N–H and O–H groups in total. The molecule has 0 spiro atoms. The highest BCUT2D eigenvalue weighted by molar-refractivity contribution is 5.78. The summed E-state index contributed by atoms with van der Waals surface area (Å²) in [5, 5.41) is 3.08. The maximum Gasteiger partial charge on any atom is 0.223 e. The lowest BCUT2D eigenvalue weighted by Crippen LogP contribution is -2.42. The van der Waals surface area contributed by atoms with Gasteiger partial charge in [-0.2, -0.15) is 0 Å². The molecule has 6 nitrogen and oxygen atoms in total. The van der Waals surface area contributed by atoms with Gasteiger partial charge >= 0.3 is 0 Å². The van der Waals surface area contributed by atoms with Crippen LogP contribution >= 0.6 is 0 Å². The van der Waals surface area contributed by atoms with E-state index in [2.05, 4.69) is 38.9 Å². The molecule has 1 fully saturated rings. The molecule has 2 heterocycles. The van der Waals surface area contributed by atoms with Gasteiger partial charge in [0.1, 0.15) is 5.82 Å². The van der Waals surface area contributed by atoms with Crippen LogP contribution in [0.2, 0.25) is 0 Å². The molecule has 6 heteroatoms. The van der Waals surface area contributed by atoms with Crippen LogP contribution in [0.15, 0.2) is 18.6 Å². The third-order valence-corrected chi connectivity index (χ3v) is 4.36. The average molecular weight is 305 g/mol. The van der Waals surface area contributed by atoms with Gasteiger partial charge < -0.3 is 15.1 Å². The summed E-state index contributed by atoms with van der Waals surface area (Å²) in [6.07, 6.45) is 6.94. The van der Waals surface area contributed by atoms with Crippen molar-refractivity contribution in [2.45, 2.75) is 26.7 Å². The summed E-state index contributed by atoms with van der Waals surface area (Å²) in [5.74, 6) is 1.23. The lowest BCUT2D eigenvalue weighted by Gasteiger charge is -2.32. The number of rotatable bonds is 7. The Morgan fingerprint density at radius 1 is 1.32 bits per heavy atom. The lowest BCUT2D eigenvalue weighted by atomic mass is 9.96. The number of amides is 1. The van der Waals surface area contributed by atoms with Crippen molar-refractivity contribution in [3.63, 3.8) is 0 Å². The SMILES string of the molecule is CCN(CC)CCNC(=O)C1CCN(c2cnccn2)CC1. The van der Waals surface area contributed by atoms with Crippen LogP contribution in [-0.2, 0) is 4.79 Å². The zero-order valence-corrected chi connectivity index (χ0v) is 13.7. The summed E-state index contributed by atoms with van der Waals surface area (Å²) in [5.41, 5.74) is 0. The van der Waals surface area contributed by atoms with Gasteiger partial charge in [0, 0.05) is 44.5 Å². The summed E-state index contributed by atoms with van der Waals surface area (Å²) in [6, 6.07) is 0. The van der Waals surface area contributed by atoms with Gasteiger partial charge in [0.15, 0.2) is 0 Å². The number of hydrogen-bond donors (Lipinski definition) is 1. The molecule has 0 saturated carbocycles. The molecular formula is C16H27N5O. The van der Waals surface area contributed by atoms with E-state index in [0.29, 0.717) is 0 Å². The Morgan fingerprint density at radius 2 is 2.05 bits per heavy atom. The molecule has 1 aliphatic heterocycles. The molecular weight excluding hydrogens is 278 g/mol. The third-order valence-electron chi connectivity index (χ3n) is 4.36. The van der Waals surface area contributed by atoms with E-state index in [9.17, 15) is 4.79 Å². The summed E-state index contributed by atoms with van der Waals surface area (Å²) in [4.78, 5) is 25.2. The highest BCUT2D eigenvalue weighted by Gasteiger charge is 2.25. The number of carbonyl (C=O) groups excluding carboxylic acids is 1. The Morgan fingerprint density at radius 3 is 2.64 bits per heavy atom. The van der Waals surface area contributed by atoms with E-state index < -0.39 is 0 Å². The summed E-state index contributed by atoms with van der Waals surface area (Å²) < 4.78 is 0. The second-order valence-corrected chi connectivity index (χ2v) is 5.64. The van der Waals surface area contributed by atoms with Gasteiger partial charge in [-0.1, -0.05) is 13.8 Å². The highest BCUT2D eigenvalue weighted by Crippen LogP contribution is 2.21. The van der Waals surface area contributed by atoms with Crippen LogP contribution in [0.3, 0.4) is 0 Å². The molecule has 22 heavy (non-hydrogen) atoms. The molecule has 1 aromatic heterocycles. The minimum atomic E-state index is 0.129. The second-order valence-electron chi connectivity index (χ2n) is 5.64. The Hall–Kier alpha value is -1.69. The minimum Gasteiger partial charge on any atom is -0.355 e. The zero-order chi connectivity index (χ0) is 15.8. The largest absolute Gasteiger partial charge is 0.355 e. The fourth-order valence-electron chi connectivity index (χ4n) is 2.85. The zero-order valence-electron chi connectivity index (χ0n) is 13.7. The van der Waals surface area contributed by atoms with Gasteiger partial charge in [-0.15, -0.1) is 0 Å². The maximum absolute atomic E-state index is 12.2. The molecule has 0 radical (unpaired) electrons. The van der Waals surface area contributed by atoms with Gasteiger partial charge in [-0.05, 0) is 25.9 Å². The van der Waals surface area contributed by atoms with Crippen molar-refractivity contribution in [3.05, 3.63) is 18.6 Å². The predicted molar refractivity (Wildman–Crippen MR) is 87.8 cm³/mol. The van der Waals surface area contributed by atoms with Crippen molar-refractivity contribution in [3.8, 4) is 0 Å². The monoisotopic (exact) mass is 305 g/mol. The van der Waals surface area contributed by atoms with Crippen LogP contribution in [0.25, 0.3) is 0 Å². The van der Waals surface area contributed by atoms with Crippen LogP contribution in [0, 0.1) is 5.92 Å². The number of carbonyl (C=O) groups is 1. The van der Waals surface area contributed by atoms with E-state index >= 15 is 0 Å². The number of anilines is 1. The van der Waals surface area contributed by atoms with Gasteiger partial charge in [-0.3, -0.25) is 9.78 Å². The van der Waals surface area contributed by atoms with Crippen molar-refractivity contribution < 1.29 is 4.79 Å². The van der Waals surface area contributed by atoms with Crippen molar-refractivity contribution >= 4 is 11.7 Å². The van der Waals surface area contributed by atoms with E-state index in [1.54, 1.807) is 18.6 Å². The topological polar surface area (TPSA) is 61.4 Å². The smallest absolute Gasteiger partial charge is 0.223 e. The summed E-state index contributed by atoms with van der Waals surface area (Å²) in [6.45, 7) is 9.76. The molecule has 1 aromatic rings. The van der Waals surface area contributed by atoms with Crippen LogP contribution in [0.4, 0.5) is 5.82 Å². The molecule has 0 atom stereocenters. The fourth-order valence-corrected chi connectivity index (χ4v) is 2.85. The lowest BCUT2D eigenvalue weighted by molar-refractivity contribution is -0.125. The quantitative estimate of drug-likeness (QED) is 0.819. The molecule has 0 bridgehead atoms. The first kappa shape index (κ1) is 16.7. The predicted octanol–water partition coefficient (Wildman–Crippen LogP) is 1.15.